The van der Waals surface area contributed by atoms with Gasteiger partial charge in [-0.05, 0) is 0 Å². The summed E-state index contributed by atoms with van der Waals surface area (Å²) in [6.45, 7) is 4.85. The highest BCUT2D eigenvalue weighted by atomic mass is 16.5. The van der Waals surface area contributed by atoms with Crippen LogP contribution in [-0.2, 0) is 11.2 Å². The molecule has 1 aromatic heterocycles. The van der Waals surface area contributed by atoms with Gasteiger partial charge in [0, 0.05) is 32.3 Å². The van der Waals surface area contributed by atoms with Gasteiger partial charge in [0.1, 0.15) is 0 Å². The van der Waals surface area contributed by atoms with Crippen LogP contribution in [0.25, 0.3) is 0 Å². The molecule has 5 heteroatoms. The van der Waals surface area contributed by atoms with Crippen LogP contribution in [-0.4, -0.2) is 53.2 Å². The van der Waals surface area contributed by atoms with E-state index in [2.05, 4.69) is 20.3 Å². The quantitative estimate of drug-likeness (QED) is 0.696. The minimum Gasteiger partial charge on any atom is -0.379 e. The van der Waals surface area contributed by atoms with E-state index in [1.165, 1.54) is 0 Å². The van der Waals surface area contributed by atoms with E-state index >= 15 is 0 Å². The Kier molecular flexibility index (Phi) is 2.89. The first-order chi connectivity index (χ1) is 6.45. The Bertz CT molecular complexity index is 230. The van der Waals surface area contributed by atoms with Crippen LogP contribution < -0.4 is 0 Å². The van der Waals surface area contributed by atoms with E-state index in [0.29, 0.717) is 0 Å². The molecule has 72 valence electrons. The van der Waals surface area contributed by atoms with Crippen LogP contribution in [0.3, 0.4) is 0 Å². The molecule has 0 bridgehead atoms. The van der Waals surface area contributed by atoms with Crippen LogP contribution in [0.2, 0.25) is 0 Å². The van der Waals surface area contributed by atoms with Crippen molar-refractivity contribution in [1.82, 2.24) is 20.3 Å². The second kappa shape index (κ2) is 4.34. The lowest BCUT2D eigenvalue weighted by atomic mass is 10.3. The number of rotatable bonds is 3. The molecular formula is C8H14N4O. The summed E-state index contributed by atoms with van der Waals surface area (Å²) in [5.74, 6) is 0. The van der Waals surface area contributed by atoms with Gasteiger partial charge in [0.25, 0.3) is 0 Å². The first-order valence-corrected chi connectivity index (χ1v) is 4.60. The Hall–Kier alpha value is -0.940. The molecule has 5 nitrogen and oxygen atoms in total. The average Bonchev–Trinajstić information content (AvgIpc) is 2.69. The molecule has 1 saturated heterocycles. The summed E-state index contributed by atoms with van der Waals surface area (Å²) in [6.07, 6.45) is 2.82. The first kappa shape index (κ1) is 8.65. The number of morpholine rings is 1. The molecule has 0 amide bonds. The number of H-pyrrole nitrogens is 1. The van der Waals surface area contributed by atoms with Crippen molar-refractivity contribution in [2.45, 2.75) is 6.42 Å². The van der Waals surface area contributed by atoms with Crippen LogP contribution >= 0.6 is 0 Å². The molecule has 0 saturated carbocycles. The Balaban J connectivity index is 1.72. The van der Waals surface area contributed by atoms with E-state index in [0.717, 1.165) is 45.0 Å². The molecule has 1 aromatic rings. The van der Waals surface area contributed by atoms with E-state index < -0.39 is 0 Å². The third kappa shape index (κ3) is 2.50. The van der Waals surface area contributed by atoms with Crippen LogP contribution in [0, 0.1) is 0 Å². The zero-order valence-corrected chi connectivity index (χ0v) is 7.57. The lowest BCUT2D eigenvalue weighted by Gasteiger charge is -2.25. The van der Waals surface area contributed by atoms with Crippen molar-refractivity contribution >= 4 is 0 Å². The van der Waals surface area contributed by atoms with Crippen molar-refractivity contribution in [3.05, 3.63) is 11.9 Å². The Morgan fingerprint density at radius 2 is 2.31 bits per heavy atom. The maximum absolute atomic E-state index is 5.26. The van der Waals surface area contributed by atoms with Gasteiger partial charge in [-0.3, -0.25) is 10.00 Å². The van der Waals surface area contributed by atoms with E-state index in [1.807, 2.05) is 6.20 Å². The smallest absolute Gasteiger partial charge is 0.0837 e. The van der Waals surface area contributed by atoms with Crippen LogP contribution in [0.4, 0.5) is 0 Å². The van der Waals surface area contributed by atoms with Crippen molar-refractivity contribution in [3.63, 3.8) is 0 Å². The molecule has 0 spiro atoms. The van der Waals surface area contributed by atoms with Crippen molar-refractivity contribution in [3.8, 4) is 0 Å². The monoisotopic (exact) mass is 182 g/mol. The number of hydrogen-bond acceptors (Lipinski definition) is 4. The molecule has 0 aliphatic carbocycles. The molecule has 1 aliphatic rings. The van der Waals surface area contributed by atoms with Gasteiger partial charge in [0.05, 0.1) is 18.9 Å². The number of hydrogen-bond donors (Lipinski definition) is 1. The molecule has 0 aromatic carbocycles. The normalized spacial score (nSPS) is 19.1. The third-order valence-electron chi connectivity index (χ3n) is 2.26. The maximum Gasteiger partial charge on any atom is 0.0837 e. The predicted octanol–water partition coefficient (Wildman–Crippen LogP) is -0.321. The van der Waals surface area contributed by atoms with E-state index in [9.17, 15) is 0 Å². The van der Waals surface area contributed by atoms with Gasteiger partial charge < -0.3 is 4.74 Å². The number of nitrogens with zero attached hydrogens (tertiary/aromatic N) is 3. The van der Waals surface area contributed by atoms with Gasteiger partial charge in [0.15, 0.2) is 0 Å². The van der Waals surface area contributed by atoms with E-state index in [1.54, 1.807) is 0 Å². The van der Waals surface area contributed by atoms with E-state index in [4.69, 9.17) is 4.74 Å². The van der Waals surface area contributed by atoms with Gasteiger partial charge in [-0.1, -0.05) is 5.21 Å². The second-order valence-electron chi connectivity index (χ2n) is 3.17. The SMILES string of the molecule is c1[nH]nnc1CCN1CCOCC1. The number of nitrogens with one attached hydrogen (secondary N) is 1. The number of aromatic nitrogens is 3. The Morgan fingerprint density at radius 3 is 3.00 bits per heavy atom. The largest absolute Gasteiger partial charge is 0.379 e. The Labute approximate surface area is 77.1 Å². The third-order valence-corrected chi connectivity index (χ3v) is 2.26. The van der Waals surface area contributed by atoms with Gasteiger partial charge in [-0.25, -0.2) is 0 Å². The summed E-state index contributed by atoms with van der Waals surface area (Å²) in [4.78, 5) is 2.39. The van der Waals surface area contributed by atoms with Crippen molar-refractivity contribution in [2.24, 2.45) is 0 Å². The second-order valence-corrected chi connectivity index (χ2v) is 3.17. The lowest BCUT2D eigenvalue weighted by molar-refractivity contribution is 0.0383. The first-order valence-electron chi connectivity index (χ1n) is 4.60. The summed E-state index contributed by atoms with van der Waals surface area (Å²) >= 11 is 0. The topological polar surface area (TPSA) is 54.0 Å². The molecule has 1 N–H and O–H groups in total. The standard InChI is InChI=1S/C8H14N4O/c1(8-7-9-11-10-8)2-12-3-5-13-6-4-12/h7H,1-6H2,(H,9,10,11). The number of ether oxygens (including phenoxy) is 1. The molecule has 0 atom stereocenters. The van der Waals surface area contributed by atoms with Crippen LogP contribution in [0.1, 0.15) is 5.69 Å². The fourth-order valence-corrected chi connectivity index (χ4v) is 1.44. The molecule has 1 fully saturated rings. The van der Waals surface area contributed by atoms with Crippen molar-refractivity contribution < 1.29 is 4.74 Å². The summed E-state index contributed by atoms with van der Waals surface area (Å²) in [5.41, 5.74) is 1.03. The fourth-order valence-electron chi connectivity index (χ4n) is 1.44. The van der Waals surface area contributed by atoms with Crippen molar-refractivity contribution in [1.29, 1.82) is 0 Å². The minimum atomic E-state index is 0.860. The molecule has 2 heterocycles. The molecule has 1 aliphatic heterocycles. The number of aromatic amines is 1. The van der Waals surface area contributed by atoms with E-state index in [-0.39, 0.29) is 0 Å². The highest BCUT2D eigenvalue weighted by molar-refractivity contribution is 4.91. The van der Waals surface area contributed by atoms with Gasteiger partial charge >= 0.3 is 0 Å². The summed E-state index contributed by atoms with van der Waals surface area (Å²) < 4.78 is 5.26. The maximum atomic E-state index is 5.26. The molecule has 0 radical (unpaired) electrons. The van der Waals surface area contributed by atoms with Gasteiger partial charge in [-0.15, -0.1) is 5.10 Å². The predicted molar refractivity (Wildman–Crippen MR) is 47.3 cm³/mol. The molecule has 2 rings (SSSR count). The summed E-state index contributed by atoms with van der Waals surface area (Å²) in [5, 5.41) is 10.3. The highest BCUT2D eigenvalue weighted by Crippen LogP contribution is 1.99. The summed E-state index contributed by atoms with van der Waals surface area (Å²) in [7, 11) is 0. The fraction of sp³-hybridized carbons (Fsp3) is 0.750. The van der Waals surface area contributed by atoms with Gasteiger partial charge in [-0.2, -0.15) is 0 Å². The molecule has 13 heavy (non-hydrogen) atoms. The van der Waals surface area contributed by atoms with Crippen LogP contribution in [0.5, 0.6) is 0 Å². The molecular weight excluding hydrogens is 168 g/mol. The van der Waals surface area contributed by atoms with Gasteiger partial charge in [0.2, 0.25) is 0 Å². The highest BCUT2D eigenvalue weighted by Gasteiger charge is 2.10. The average molecular weight is 182 g/mol. The van der Waals surface area contributed by atoms with Crippen molar-refractivity contribution in [2.75, 3.05) is 32.8 Å². The summed E-state index contributed by atoms with van der Waals surface area (Å²) in [6, 6.07) is 0. The zero-order valence-electron chi connectivity index (χ0n) is 7.57. The Morgan fingerprint density at radius 1 is 1.46 bits per heavy atom. The minimum absolute atomic E-state index is 0.860. The lowest BCUT2D eigenvalue weighted by Crippen LogP contribution is -2.37. The van der Waals surface area contributed by atoms with Crippen LogP contribution in [0.15, 0.2) is 6.20 Å². The molecule has 0 unspecified atom stereocenters. The zero-order chi connectivity index (χ0) is 8.93.